The van der Waals surface area contributed by atoms with Crippen LogP contribution in [0.5, 0.6) is 0 Å². The zero-order valence-corrected chi connectivity index (χ0v) is 5.12. The van der Waals surface area contributed by atoms with Gasteiger partial charge in [0.1, 0.15) is 0 Å². The monoisotopic (exact) mass is 112 g/mol. The average Bonchev–Trinajstić information content (AvgIpc) is 1.69. The summed E-state index contributed by atoms with van der Waals surface area (Å²) >= 11 is 0. The number of hydrogen-bond acceptors (Lipinski definition) is 0. The molecule has 0 N–H and O–H groups in total. The fraction of sp³-hybridized carbons (Fsp3) is 0.750. The highest BCUT2D eigenvalue weighted by atomic mass is 13.8. The maximum atomic E-state index is 3.00. The van der Waals surface area contributed by atoms with Crippen molar-refractivity contribution in [1.29, 1.82) is 0 Å². The summed E-state index contributed by atoms with van der Waals surface area (Å²) in [5.74, 6) is 5.85. The maximum Gasteiger partial charge on any atom is 0.00884 e. The van der Waals surface area contributed by atoms with Gasteiger partial charge in [0.05, 0.1) is 0 Å². The summed E-state index contributed by atoms with van der Waals surface area (Å²) in [5, 5.41) is 0. The molecule has 0 bridgehead atoms. The van der Waals surface area contributed by atoms with Crippen LogP contribution in [-0.2, 0) is 0 Å². The summed E-state index contributed by atoms with van der Waals surface area (Å²) in [7, 11) is 0. The van der Waals surface area contributed by atoms with Gasteiger partial charge in [-0.3, -0.25) is 0 Å². The summed E-state index contributed by atoms with van der Waals surface area (Å²) in [6, 6.07) is 0. The Bertz CT molecular complexity index is 71.8. The van der Waals surface area contributed by atoms with Crippen molar-refractivity contribution in [3.8, 4) is 11.8 Å². The highest BCUT2D eigenvalue weighted by molar-refractivity contribution is 4.94. The molecule has 0 aliphatic rings. The van der Waals surface area contributed by atoms with Crippen molar-refractivity contribution in [2.45, 2.75) is 40.5 Å². The first-order chi connectivity index (χ1) is 3.41. The smallest absolute Gasteiger partial charge is 0.00884 e. The minimum atomic E-state index is 0. The van der Waals surface area contributed by atoms with Gasteiger partial charge >= 0.3 is 0 Å². The van der Waals surface area contributed by atoms with Crippen molar-refractivity contribution in [1.82, 2.24) is 0 Å². The van der Waals surface area contributed by atoms with Crippen LogP contribution in [0.15, 0.2) is 0 Å². The first-order valence-corrected chi connectivity index (χ1v) is 2.81. The minimum Gasteiger partial charge on any atom is -0.107 e. The van der Waals surface area contributed by atoms with Gasteiger partial charge in [0.2, 0.25) is 0 Å². The van der Waals surface area contributed by atoms with Gasteiger partial charge in [0, 0.05) is 6.42 Å². The molecule has 0 aliphatic carbocycles. The largest absolute Gasteiger partial charge is 0.107 e. The molecule has 8 heavy (non-hydrogen) atoms. The van der Waals surface area contributed by atoms with E-state index in [0.29, 0.717) is 0 Å². The van der Waals surface area contributed by atoms with E-state index in [1.807, 2.05) is 6.92 Å². The van der Waals surface area contributed by atoms with Crippen molar-refractivity contribution in [2.24, 2.45) is 0 Å². The quantitative estimate of drug-likeness (QED) is 0.380. The Morgan fingerprint density at radius 3 is 2.38 bits per heavy atom. The van der Waals surface area contributed by atoms with Gasteiger partial charge in [-0.2, -0.15) is 0 Å². The third-order valence-corrected chi connectivity index (χ3v) is 0.832. The molecule has 0 aromatic heterocycles. The van der Waals surface area contributed by atoms with Crippen LogP contribution in [0, 0.1) is 11.8 Å². The fourth-order valence-corrected chi connectivity index (χ4v) is 0.390. The molecule has 0 unspecified atom stereocenters. The van der Waals surface area contributed by atoms with E-state index in [1.165, 1.54) is 12.8 Å². The lowest BCUT2D eigenvalue weighted by Crippen LogP contribution is -1.64. The van der Waals surface area contributed by atoms with Gasteiger partial charge in [-0.15, -0.1) is 11.8 Å². The van der Waals surface area contributed by atoms with Crippen LogP contribution in [0.1, 0.15) is 40.5 Å². The molecule has 0 saturated carbocycles. The molecular weight excluding hydrogens is 96.1 g/mol. The molecule has 0 aromatic carbocycles. The number of unbranched alkanes of at least 4 members (excludes halogenated alkanes) is 2. The molecule has 0 nitrogen and oxygen atoms in total. The van der Waals surface area contributed by atoms with Gasteiger partial charge in [0.15, 0.2) is 0 Å². The predicted octanol–water partition coefficient (Wildman–Crippen LogP) is 2.84. The van der Waals surface area contributed by atoms with Crippen molar-refractivity contribution in [3.05, 3.63) is 0 Å². The van der Waals surface area contributed by atoms with Crippen LogP contribution in [0.4, 0.5) is 0 Å². The summed E-state index contributed by atoms with van der Waals surface area (Å²) < 4.78 is 0. The molecule has 0 rings (SSSR count). The van der Waals surface area contributed by atoms with Crippen molar-refractivity contribution in [2.75, 3.05) is 0 Å². The molecule has 0 heteroatoms. The van der Waals surface area contributed by atoms with E-state index in [9.17, 15) is 0 Å². The summed E-state index contributed by atoms with van der Waals surface area (Å²) in [6.07, 6.45) is 3.59. The van der Waals surface area contributed by atoms with Gasteiger partial charge in [-0.1, -0.05) is 20.8 Å². The van der Waals surface area contributed by atoms with E-state index >= 15 is 0 Å². The molecular formula is C8H16. The third-order valence-electron chi connectivity index (χ3n) is 0.832. The van der Waals surface area contributed by atoms with Gasteiger partial charge in [-0.25, -0.2) is 0 Å². The molecule has 0 fully saturated rings. The summed E-state index contributed by atoms with van der Waals surface area (Å²) in [6.45, 7) is 4.06. The number of rotatable bonds is 2. The molecule has 0 aromatic rings. The molecule has 0 amide bonds. The fourth-order valence-electron chi connectivity index (χ4n) is 0.390. The Morgan fingerprint density at radius 1 is 1.38 bits per heavy atom. The Hall–Kier alpha value is -0.440. The minimum absolute atomic E-state index is 0. The highest BCUT2D eigenvalue weighted by Gasteiger charge is 1.72. The molecule has 0 spiro atoms. The van der Waals surface area contributed by atoms with Gasteiger partial charge in [0.25, 0.3) is 0 Å². The van der Waals surface area contributed by atoms with E-state index in [-0.39, 0.29) is 7.43 Å². The van der Waals surface area contributed by atoms with E-state index in [2.05, 4.69) is 18.8 Å². The normalized spacial score (nSPS) is 6.25. The van der Waals surface area contributed by atoms with Crippen LogP contribution < -0.4 is 0 Å². The molecule has 48 valence electrons. The molecule has 0 heterocycles. The highest BCUT2D eigenvalue weighted by Crippen LogP contribution is 1.89. The molecule has 0 saturated heterocycles. The zero-order chi connectivity index (χ0) is 5.54. The second-order valence-electron chi connectivity index (χ2n) is 1.53. The first kappa shape index (κ1) is 10.5. The van der Waals surface area contributed by atoms with Crippen LogP contribution in [0.3, 0.4) is 0 Å². The third kappa shape index (κ3) is 9.12. The Morgan fingerprint density at radius 2 is 2.00 bits per heavy atom. The molecule has 0 aliphatic heterocycles. The average molecular weight is 112 g/mol. The van der Waals surface area contributed by atoms with Crippen LogP contribution in [0.25, 0.3) is 0 Å². The predicted molar refractivity (Wildman–Crippen MR) is 39.7 cm³/mol. The van der Waals surface area contributed by atoms with Gasteiger partial charge < -0.3 is 0 Å². The van der Waals surface area contributed by atoms with Crippen LogP contribution in [0.2, 0.25) is 0 Å². The lowest BCUT2D eigenvalue weighted by molar-refractivity contribution is 0.828. The topological polar surface area (TPSA) is 0 Å². The van der Waals surface area contributed by atoms with Crippen molar-refractivity contribution < 1.29 is 0 Å². The summed E-state index contributed by atoms with van der Waals surface area (Å²) in [4.78, 5) is 0. The van der Waals surface area contributed by atoms with E-state index in [0.717, 1.165) is 6.42 Å². The van der Waals surface area contributed by atoms with Crippen molar-refractivity contribution in [3.63, 3.8) is 0 Å². The van der Waals surface area contributed by atoms with Crippen LogP contribution in [-0.4, -0.2) is 0 Å². The van der Waals surface area contributed by atoms with E-state index < -0.39 is 0 Å². The molecule has 0 atom stereocenters. The Balaban J connectivity index is 0. The van der Waals surface area contributed by atoms with Crippen molar-refractivity contribution >= 4 is 0 Å². The zero-order valence-electron chi connectivity index (χ0n) is 5.12. The van der Waals surface area contributed by atoms with E-state index in [1.54, 1.807) is 0 Å². The summed E-state index contributed by atoms with van der Waals surface area (Å²) in [5.41, 5.74) is 0. The second-order valence-corrected chi connectivity index (χ2v) is 1.53. The Labute approximate surface area is 53.3 Å². The molecule has 0 radical (unpaired) electrons. The van der Waals surface area contributed by atoms with Gasteiger partial charge in [-0.05, 0) is 13.3 Å². The second kappa shape index (κ2) is 9.75. The van der Waals surface area contributed by atoms with Crippen LogP contribution >= 0.6 is 0 Å². The lowest BCUT2D eigenvalue weighted by atomic mass is 10.3. The number of hydrogen-bond donors (Lipinski definition) is 0. The SMILES string of the molecule is C.CC#CCCCC. The Kier molecular flexibility index (Phi) is 12.8. The van der Waals surface area contributed by atoms with E-state index in [4.69, 9.17) is 0 Å². The lowest BCUT2D eigenvalue weighted by Gasteiger charge is -1.80. The first-order valence-electron chi connectivity index (χ1n) is 2.81. The standard InChI is InChI=1S/C7H12.CH4/c1-3-5-7-6-4-2;/h3,5,7H2,1-2H3;1H4. The maximum absolute atomic E-state index is 3.00.